The molecule has 7 nitrogen and oxygen atoms in total. The summed E-state index contributed by atoms with van der Waals surface area (Å²) in [7, 11) is 0. The third-order valence-corrected chi connectivity index (χ3v) is 3.81. The van der Waals surface area contributed by atoms with Gasteiger partial charge < -0.3 is 10.1 Å². The number of carbonyl (C=O) groups excluding carboxylic acids is 2. The van der Waals surface area contributed by atoms with Crippen molar-refractivity contribution in [3.05, 3.63) is 71.8 Å². The molecule has 2 heterocycles. The number of rotatable bonds is 5. The van der Waals surface area contributed by atoms with Crippen LogP contribution in [-0.4, -0.2) is 33.2 Å². The van der Waals surface area contributed by atoms with Crippen molar-refractivity contribution in [3.63, 3.8) is 0 Å². The van der Waals surface area contributed by atoms with Gasteiger partial charge >= 0.3 is 5.97 Å². The minimum Gasteiger partial charge on any atom is -0.452 e. The number of aryl methyl sites for hydroxylation is 1. The second-order valence-electron chi connectivity index (χ2n) is 5.65. The zero-order chi connectivity index (χ0) is 18.5. The van der Waals surface area contributed by atoms with Crippen molar-refractivity contribution in [1.29, 1.82) is 0 Å². The van der Waals surface area contributed by atoms with Crippen LogP contribution in [0.25, 0.3) is 5.69 Å². The van der Waals surface area contributed by atoms with Crippen molar-refractivity contribution in [3.8, 4) is 5.69 Å². The summed E-state index contributed by atoms with van der Waals surface area (Å²) >= 11 is 0. The van der Waals surface area contributed by atoms with Gasteiger partial charge in [0.25, 0.3) is 5.91 Å². The van der Waals surface area contributed by atoms with Gasteiger partial charge in [0.05, 0.1) is 28.3 Å². The highest BCUT2D eigenvalue weighted by Gasteiger charge is 2.16. The number of amides is 1. The SMILES string of the molecule is Cc1nn(-c2ccccc2)c(C)c1NC(=O)COC(=O)c1ccncc1. The lowest BCUT2D eigenvalue weighted by Gasteiger charge is -2.08. The highest BCUT2D eigenvalue weighted by atomic mass is 16.5. The summed E-state index contributed by atoms with van der Waals surface area (Å²) in [6.45, 7) is 3.30. The molecule has 0 atom stereocenters. The van der Waals surface area contributed by atoms with Crippen LogP contribution in [0.5, 0.6) is 0 Å². The third-order valence-electron chi connectivity index (χ3n) is 3.81. The molecule has 0 aliphatic rings. The molecule has 0 radical (unpaired) electrons. The molecule has 1 aromatic carbocycles. The van der Waals surface area contributed by atoms with Gasteiger partial charge in [-0.3, -0.25) is 9.78 Å². The fraction of sp³-hybridized carbons (Fsp3) is 0.158. The molecule has 3 rings (SSSR count). The zero-order valence-electron chi connectivity index (χ0n) is 14.5. The first kappa shape index (κ1) is 17.3. The van der Waals surface area contributed by atoms with E-state index in [0.29, 0.717) is 16.9 Å². The largest absolute Gasteiger partial charge is 0.452 e. The van der Waals surface area contributed by atoms with E-state index in [1.54, 1.807) is 4.68 Å². The van der Waals surface area contributed by atoms with Crippen molar-refractivity contribution in [1.82, 2.24) is 14.8 Å². The van der Waals surface area contributed by atoms with E-state index in [1.807, 2.05) is 44.2 Å². The van der Waals surface area contributed by atoms with Gasteiger partial charge in [0.1, 0.15) is 0 Å². The molecular formula is C19H18N4O3. The van der Waals surface area contributed by atoms with E-state index in [9.17, 15) is 9.59 Å². The molecule has 7 heteroatoms. The second-order valence-corrected chi connectivity index (χ2v) is 5.65. The van der Waals surface area contributed by atoms with Crippen LogP contribution in [0, 0.1) is 13.8 Å². The number of nitrogens with zero attached hydrogens (tertiary/aromatic N) is 3. The molecule has 0 bridgehead atoms. The molecule has 0 saturated heterocycles. The zero-order valence-corrected chi connectivity index (χ0v) is 14.5. The van der Waals surface area contributed by atoms with Gasteiger partial charge in [-0.15, -0.1) is 0 Å². The Bertz CT molecular complexity index is 921. The Morgan fingerprint density at radius 3 is 2.46 bits per heavy atom. The lowest BCUT2D eigenvalue weighted by molar-refractivity contribution is -0.119. The fourth-order valence-corrected chi connectivity index (χ4v) is 2.52. The average molecular weight is 350 g/mol. The maximum Gasteiger partial charge on any atom is 0.338 e. The number of nitrogens with one attached hydrogen (secondary N) is 1. The van der Waals surface area contributed by atoms with Crippen molar-refractivity contribution < 1.29 is 14.3 Å². The molecule has 0 aliphatic heterocycles. The van der Waals surface area contributed by atoms with E-state index in [2.05, 4.69) is 15.4 Å². The van der Waals surface area contributed by atoms with Crippen molar-refractivity contribution in [2.24, 2.45) is 0 Å². The van der Waals surface area contributed by atoms with Crippen molar-refractivity contribution in [2.75, 3.05) is 11.9 Å². The maximum absolute atomic E-state index is 12.2. The number of aromatic nitrogens is 3. The van der Waals surface area contributed by atoms with E-state index in [4.69, 9.17) is 4.74 Å². The topological polar surface area (TPSA) is 86.1 Å². The van der Waals surface area contributed by atoms with Gasteiger partial charge in [0.2, 0.25) is 0 Å². The lowest BCUT2D eigenvalue weighted by atomic mass is 10.3. The van der Waals surface area contributed by atoms with Crippen molar-refractivity contribution >= 4 is 17.6 Å². The number of para-hydroxylation sites is 1. The molecule has 1 N–H and O–H groups in total. The number of benzene rings is 1. The van der Waals surface area contributed by atoms with E-state index >= 15 is 0 Å². The third kappa shape index (κ3) is 3.77. The Balaban J connectivity index is 1.66. The van der Waals surface area contributed by atoms with Gasteiger partial charge in [-0.2, -0.15) is 5.10 Å². The molecule has 0 aliphatic carbocycles. The Morgan fingerprint density at radius 2 is 1.77 bits per heavy atom. The smallest absolute Gasteiger partial charge is 0.338 e. The molecule has 0 spiro atoms. The molecule has 3 aromatic rings. The van der Waals surface area contributed by atoms with Crippen LogP contribution in [0.1, 0.15) is 21.7 Å². The molecule has 1 amide bonds. The summed E-state index contributed by atoms with van der Waals surface area (Å²) in [5.41, 5.74) is 3.33. The monoisotopic (exact) mass is 350 g/mol. The number of pyridine rings is 1. The molecule has 0 fully saturated rings. The number of carbonyl (C=O) groups is 2. The summed E-state index contributed by atoms with van der Waals surface area (Å²) < 4.78 is 6.79. The van der Waals surface area contributed by atoms with Gasteiger partial charge in [-0.1, -0.05) is 18.2 Å². The Labute approximate surface area is 150 Å². The van der Waals surface area contributed by atoms with Gasteiger partial charge in [0, 0.05) is 12.4 Å². The molecule has 2 aromatic heterocycles. The van der Waals surface area contributed by atoms with Gasteiger partial charge in [-0.25, -0.2) is 9.48 Å². The van der Waals surface area contributed by atoms with Crippen LogP contribution in [0.15, 0.2) is 54.9 Å². The summed E-state index contributed by atoms with van der Waals surface area (Å²) in [6, 6.07) is 12.7. The second kappa shape index (κ2) is 7.60. The number of hydrogen-bond acceptors (Lipinski definition) is 5. The predicted molar refractivity (Wildman–Crippen MR) is 96.2 cm³/mol. The minimum absolute atomic E-state index is 0.344. The van der Waals surface area contributed by atoms with Gasteiger partial charge in [0.15, 0.2) is 6.61 Å². The number of hydrogen-bond donors (Lipinski definition) is 1. The maximum atomic E-state index is 12.2. The predicted octanol–water partition coefficient (Wildman–Crippen LogP) is 2.68. The normalized spacial score (nSPS) is 10.4. The first-order valence-corrected chi connectivity index (χ1v) is 8.05. The van der Waals surface area contributed by atoms with Crippen LogP contribution in [0.4, 0.5) is 5.69 Å². The van der Waals surface area contributed by atoms with Gasteiger partial charge in [-0.05, 0) is 38.1 Å². The van der Waals surface area contributed by atoms with E-state index in [1.165, 1.54) is 24.5 Å². The summed E-state index contributed by atoms with van der Waals surface area (Å²) in [5, 5.41) is 7.23. The standard InChI is InChI=1S/C19H18N4O3/c1-13-18(14(2)23(22-13)16-6-4-3-5-7-16)21-17(24)12-26-19(25)15-8-10-20-11-9-15/h3-11H,12H2,1-2H3,(H,21,24). The van der Waals surface area contributed by atoms with Crippen LogP contribution in [-0.2, 0) is 9.53 Å². The summed E-state index contributed by atoms with van der Waals surface area (Å²) in [4.78, 5) is 27.9. The molecule has 26 heavy (non-hydrogen) atoms. The Kier molecular flexibility index (Phi) is 5.07. The number of ether oxygens (including phenoxy) is 1. The van der Waals surface area contributed by atoms with Crippen LogP contribution in [0.2, 0.25) is 0 Å². The molecule has 0 unspecified atom stereocenters. The first-order valence-electron chi connectivity index (χ1n) is 8.05. The summed E-state index contributed by atoms with van der Waals surface area (Å²) in [6.07, 6.45) is 2.97. The summed E-state index contributed by atoms with van der Waals surface area (Å²) in [5.74, 6) is -0.998. The van der Waals surface area contributed by atoms with E-state index < -0.39 is 11.9 Å². The van der Waals surface area contributed by atoms with Crippen LogP contribution >= 0.6 is 0 Å². The molecule has 0 saturated carbocycles. The Morgan fingerprint density at radius 1 is 1.08 bits per heavy atom. The number of anilines is 1. The fourth-order valence-electron chi connectivity index (χ4n) is 2.52. The highest BCUT2D eigenvalue weighted by molar-refractivity contribution is 5.96. The minimum atomic E-state index is -0.573. The average Bonchev–Trinajstić information content (AvgIpc) is 2.95. The molecule has 132 valence electrons. The quantitative estimate of drug-likeness (QED) is 0.715. The first-order chi connectivity index (χ1) is 12.6. The Hall–Kier alpha value is -3.48. The molecular weight excluding hydrogens is 332 g/mol. The number of esters is 1. The highest BCUT2D eigenvalue weighted by Crippen LogP contribution is 2.22. The van der Waals surface area contributed by atoms with Crippen LogP contribution < -0.4 is 5.32 Å². The van der Waals surface area contributed by atoms with Crippen LogP contribution in [0.3, 0.4) is 0 Å². The van der Waals surface area contributed by atoms with E-state index in [0.717, 1.165) is 11.4 Å². The van der Waals surface area contributed by atoms with E-state index in [-0.39, 0.29) is 6.61 Å². The lowest BCUT2D eigenvalue weighted by Crippen LogP contribution is -2.21. The van der Waals surface area contributed by atoms with Crippen molar-refractivity contribution in [2.45, 2.75) is 13.8 Å².